The number of anilines is 2. The van der Waals surface area contributed by atoms with Gasteiger partial charge in [-0.1, -0.05) is 0 Å². The van der Waals surface area contributed by atoms with Gasteiger partial charge in [0.2, 0.25) is 15.9 Å². The SMILES string of the molecule is CCOC(=O)c1ccc(NS(=O)(=O)c2ccc(N3C(=O)CCS3(=O)=O)cc2)cc1. The Labute approximate surface area is 168 Å². The minimum Gasteiger partial charge on any atom is -0.462 e. The molecule has 154 valence electrons. The van der Waals surface area contributed by atoms with Gasteiger partial charge in [-0.2, -0.15) is 0 Å². The van der Waals surface area contributed by atoms with E-state index in [4.69, 9.17) is 4.74 Å². The Hall–Kier alpha value is -2.92. The van der Waals surface area contributed by atoms with Crippen LogP contribution in [0.25, 0.3) is 0 Å². The van der Waals surface area contributed by atoms with Crippen molar-refractivity contribution in [3.63, 3.8) is 0 Å². The molecule has 0 aromatic heterocycles. The van der Waals surface area contributed by atoms with E-state index in [-0.39, 0.29) is 40.6 Å². The number of sulfonamides is 2. The van der Waals surface area contributed by atoms with Crippen LogP contribution in [-0.2, 0) is 29.6 Å². The highest BCUT2D eigenvalue weighted by Crippen LogP contribution is 2.27. The molecular formula is C18H18N2O7S2. The van der Waals surface area contributed by atoms with Gasteiger partial charge in [-0.15, -0.1) is 0 Å². The molecule has 0 aliphatic carbocycles. The lowest BCUT2D eigenvalue weighted by molar-refractivity contribution is -0.116. The van der Waals surface area contributed by atoms with Gasteiger partial charge in [-0.25, -0.2) is 25.9 Å². The highest BCUT2D eigenvalue weighted by atomic mass is 32.2. The maximum absolute atomic E-state index is 12.5. The molecule has 11 heteroatoms. The Morgan fingerprint density at radius 2 is 1.72 bits per heavy atom. The summed E-state index contributed by atoms with van der Waals surface area (Å²) < 4.78 is 56.9. The van der Waals surface area contributed by atoms with Crippen LogP contribution in [0.1, 0.15) is 23.7 Å². The zero-order valence-electron chi connectivity index (χ0n) is 15.4. The van der Waals surface area contributed by atoms with Crippen LogP contribution in [-0.4, -0.2) is 41.1 Å². The van der Waals surface area contributed by atoms with Gasteiger partial charge in [0.25, 0.3) is 10.0 Å². The Morgan fingerprint density at radius 1 is 1.10 bits per heavy atom. The summed E-state index contributed by atoms with van der Waals surface area (Å²) in [5, 5.41) is 0. The van der Waals surface area contributed by atoms with E-state index in [1.165, 1.54) is 48.5 Å². The number of hydrogen-bond acceptors (Lipinski definition) is 7. The first kappa shape index (κ1) is 20.8. The number of carbonyl (C=O) groups is 2. The molecular weight excluding hydrogens is 420 g/mol. The molecule has 0 unspecified atom stereocenters. The number of rotatable bonds is 6. The lowest BCUT2D eigenvalue weighted by Gasteiger charge is -2.15. The smallest absolute Gasteiger partial charge is 0.338 e. The second-order valence-electron chi connectivity index (χ2n) is 6.12. The Kier molecular flexibility index (Phi) is 5.62. The minimum atomic E-state index is -3.96. The fourth-order valence-electron chi connectivity index (χ4n) is 2.73. The van der Waals surface area contributed by atoms with Crippen molar-refractivity contribution in [2.45, 2.75) is 18.2 Å². The Morgan fingerprint density at radius 3 is 2.24 bits per heavy atom. The second-order valence-corrected chi connectivity index (χ2v) is 9.74. The third kappa shape index (κ3) is 4.40. The molecule has 1 amide bonds. The van der Waals surface area contributed by atoms with Crippen molar-refractivity contribution in [3.05, 3.63) is 54.1 Å². The maximum Gasteiger partial charge on any atom is 0.338 e. The van der Waals surface area contributed by atoms with Gasteiger partial charge < -0.3 is 4.74 Å². The summed E-state index contributed by atoms with van der Waals surface area (Å²) in [5.74, 6) is -1.33. The molecule has 2 aromatic carbocycles. The molecule has 1 saturated heterocycles. The summed E-state index contributed by atoms with van der Waals surface area (Å²) in [6, 6.07) is 10.7. The standard InChI is InChI=1S/C18H18N2O7S2/c1-2-27-18(22)13-3-5-14(6-4-13)19-29(25,26)16-9-7-15(8-10-16)20-17(21)11-12-28(20,23)24/h3-10,19H,2,11-12H2,1H3. The van der Waals surface area contributed by atoms with E-state index in [1.807, 2.05) is 0 Å². The zero-order chi connectivity index (χ0) is 21.2. The molecule has 1 fully saturated rings. The molecule has 1 aliphatic rings. The Bertz CT molecular complexity index is 1140. The van der Waals surface area contributed by atoms with Gasteiger partial charge in [0.05, 0.1) is 28.5 Å². The van der Waals surface area contributed by atoms with Crippen LogP contribution in [0.2, 0.25) is 0 Å². The largest absolute Gasteiger partial charge is 0.462 e. The van der Waals surface area contributed by atoms with Crippen LogP contribution in [0.5, 0.6) is 0 Å². The molecule has 0 saturated carbocycles. The first-order valence-electron chi connectivity index (χ1n) is 8.60. The maximum atomic E-state index is 12.5. The third-order valence-electron chi connectivity index (χ3n) is 4.11. The minimum absolute atomic E-state index is 0.0882. The first-order valence-corrected chi connectivity index (χ1v) is 11.7. The van der Waals surface area contributed by atoms with Crippen LogP contribution in [0.15, 0.2) is 53.4 Å². The monoisotopic (exact) mass is 438 g/mol. The number of hydrogen-bond donors (Lipinski definition) is 1. The summed E-state index contributed by atoms with van der Waals surface area (Å²) in [6.07, 6.45) is -0.105. The lowest BCUT2D eigenvalue weighted by atomic mass is 10.2. The van der Waals surface area contributed by atoms with Crippen molar-refractivity contribution in [3.8, 4) is 0 Å². The van der Waals surface area contributed by atoms with E-state index < -0.39 is 31.9 Å². The summed E-state index contributed by atoms with van der Waals surface area (Å²) in [4.78, 5) is 23.3. The molecule has 1 N–H and O–H groups in total. The van der Waals surface area contributed by atoms with Crippen molar-refractivity contribution in [2.75, 3.05) is 21.4 Å². The number of nitrogens with zero attached hydrogens (tertiary/aromatic N) is 1. The lowest BCUT2D eigenvalue weighted by Crippen LogP contribution is -2.29. The Balaban J connectivity index is 1.78. The van der Waals surface area contributed by atoms with E-state index in [9.17, 15) is 26.4 Å². The van der Waals surface area contributed by atoms with Crippen LogP contribution in [0.3, 0.4) is 0 Å². The normalized spacial score (nSPS) is 15.9. The van der Waals surface area contributed by atoms with Gasteiger partial charge >= 0.3 is 5.97 Å². The van der Waals surface area contributed by atoms with Crippen molar-refractivity contribution < 1.29 is 31.2 Å². The average molecular weight is 438 g/mol. The van der Waals surface area contributed by atoms with Gasteiger partial charge in [0, 0.05) is 12.1 Å². The first-order chi connectivity index (χ1) is 13.6. The average Bonchev–Trinajstić information content (AvgIpc) is 2.95. The van der Waals surface area contributed by atoms with Gasteiger partial charge in [-0.05, 0) is 55.5 Å². The molecule has 3 rings (SSSR count). The summed E-state index contributed by atoms with van der Waals surface area (Å²) >= 11 is 0. The van der Waals surface area contributed by atoms with E-state index in [0.29, 0.717) is 4.31 Å². The van der Waals surface area contributed by atoms with Crippen molar-refractivity contribution in [1.82, 2.24) is 0 Å². The fourth-order valence-corrected chi connectivity index (χ4v) is 5.25. The van der Waals surface area contributed by atoms with Gasteiger partial charge in [0.1, 0.15) is 0 Å². The number of amides is 1. The van der Waals surface area contributed by atoms with Crippen LogP contribution >= 0.6 is 0 Å². The number of carbonyl (C=O) groups excluding carboxylic acids is 2. The molecule has 0 radical (unpaired) electrons. The van der Waals surface area contributed by atoms with Crippen molar-refractivity contribution in [2.24, 2.45) is 0 Å². The second kappa shape index (κ2) is 7.84. The zero-order valence-corrected chi connectivity index (χ0v) is 17.0. The third-order valence-corrected chi connectivity index (χ3v) is 7.20. The van der Waals surface area contributed by atoms with Crippen LogP contribution in [0, 0.1) is 0 Å². The highest BCUT2D eigenvalue weighted by Gasteiger charge is 2.36. The molecule has 0 atom stereocenters. The van der Waals surface area contributed by atoms with E-state index in [0.717, 1.165) is 0 Å². The number of esters is 1. The van der Waals surface area contributed by atoms with E-state index in [2.05, 4.69) is 4.72 Å². The summed E-state index contributed by atoms with van der Waals surface area (Å²) in [7, 11) is -7.68. The molecule has 1 aliphatic heterocycles. The van der Waals surface area contributed by atoms with Crippen molar-refractivity contribution >= 4 is 43.3 Å². The fraction of sp³-hybridized carbons (Fsp3) is 0.222. The highest BCUT2D eigenvalue weighted by molar-refractivity contribution is 7.94. The predicted octanol–water partition coefficient (Wildman–Crippen LogP) is 1.73. The van der Waals surface area contributed by atoms with Crippen LogP contribution < -0.4 is 9.03 Å². The van der Waals surface area contributed by atoms with Gasteiger partial charge in [-0.3, -0.25) is 9.52 Å². The quantitative estimate of drug-likeness (QED) is 0.681. The molecule has 0 spiro atoms. The summed E-state index contributed by atoms with van der Waals surface area (Å²) in [6.45, 7) is 1.91. The molecule has 29 heavy (non-hydrogen) atoms. The molecule has 1 heterocycles. The van der Waals surface area contributed by atoms with E-state index >= 15 is 0 Å². The number of nitrogens with one attached hydrogen (secondary N) is 1. The predicted molar refractivity (Wildman–Crippen MR) is 106 cm³/mol. The van der Waals surface area contributed by atoms with Crippen LogP contribution in [0.4, 0.5) is 11.4 Å². The number of benzene rings is 2. The van der Waals surface area contributed by atoms with E-state index in [1.54, 1.807) is 6.92 Å². The van der Waals surface area contributed by atoms with Gasteiger partial charge in [0.15, 0.2) is 0 Å². The molecule has 9 nitrogen and oxygen atoms in total. The van der Waals surface area contributed by atoms with Crippen molar-refractivity contribution in [1.29, 1.82) is 0 Å². The topological polar surface area (TPSA) is 127 Å². The number of ether oxygens (including phenoxy) is 1. The molecule has 2 aromatic rings. The summed E-state index contributed by atoms with van der Waals surface area (Å²) in [5.41, 5.74) is 0.611. The molecule has 0 bridgehead atoms.